The first-order valence-electron chi connectivity index (χ1n) is 5.86. The lowest BCUT2D eigenvalue weighted by molar-refractivity contribution is 0.0722. The first-order valence-corrected chi connectivity index (χ1v) is 5.86. The second-order valence-corrected chi connectivity index (χ2v) is 3.94. The summed E-state index contributed by atoms with van der Waals surface area (Å²) in [5.74, 6) is 0.829. The van der Waals surface area contributed by atoms with Gasteiger partial charge in [-0.25, -0.2) is 0 Å². The van der Waals surface area contributed by atoms with Crippen LogP contribution in [0.5, 0.6) is 5.75 Å². The molecule has 1 aromatic carbocycles. The predicted molar refractivity (Wildman–Crippen MR) is 62.6 cm³/mol. The van der Waals surface area contributed by atoms with Crippen molar-refractivity contribution in [2.75, 3.05) is 26.4 Å². The molecule has 87 valence electrons. The quantitative estimate of drug-likeness (QED) is 0.765. The Morgan fingerprint density at radius 2 is 2.50 bits per heavy atom. The van der Waals surface area contributed by atoms with Crippen molar-refractivity contribution in [2.24, 2.45) is 0 Å². The normalized spacial score (nSPS) is 20.6. The van der Waals surface area contributed by atoms with Gasteiger partial charge in [0.25, 0.3) is 0 Å². The summed E-state index contributed by atoms with van der Waals surface area (Å²) in [5, 5.41) is 3.43. The Balaban J connectivity index is 1.58. The highest BCUT2D eigenvalue weighted by Crippen LogP contribution is 2.09. The van der Waals surface area contributed by atoms with E-state index in [1.165, 1.54) is 0 Å². The van der Waals surface area contributed by atoms with E-state index >= 15 is 0 Å². The highest BCUT2D eigenvalue weighted by atomic mass is 16.5. The topological polar surface area (TPSA) is 30.5 Å². The summed E-state index contributed by atoms with van der Waals surface area (Å²) in [6, 6.07) is 11.2. The molecular formula is C13H18NO2. The van der Waals surface area contributed by atoms with E-state index in [1.54, 1.807) is 0 Å². The molecule has 1 fully saturated rings. The minimum atomic E-state index is 0.497. The molecule has 1 radical (unpaired) electrons. The summed E-state index contributed by atoms with van der Waals surface area (Å²) in [5.41, 5.74) is 0. The number of ether oxygens (including phenoxy) is 2. The number of rotatable bonds is 5. The van der Waals surface area contributed by atoms with Gasteiger partial charge in [0.15, 0.2) is 0 Å². The van der Waals surface area contributed by atoms with E-state index in [0.29, 0.717) is 6.04 Å². The second-order valence-electron chi connectivity index (χ2n) is 3.94. The molecule has 0 amide bonds. The van der Waals surface area contributed by atoms with Gasteiger partial charge in [-0.3, -0.25) is 0 Å². The third kappa shape index (κ3) is 3.83. The predicted octanol–water partition coefficient (Wildman–Crippen LogP) is 1.63. The van der Waals surface area contributed by atoms with Crippen molar-refractivity contribution in [1.82, 2.24) is 5.32 Å². The first-order chi connectivity index (χ1) is 7.95. The number of hydrogen-bond donors (Lipinski definition) is 1. The van der Waals surface area contributed by atoms with Crippen LogP contribution in [0.1, 0.15) is 12.8 Å². The van der Waals surface area contributed by atoms with Crippen molar-refractivity contribution in [3.63, 3.8) is 0 Å². The molecule has 0 bridgehead atoms. The lowest BCUT2D eigenvalue weighted by atomic mass is 10.1. The SMILES string of the molecule is [c]1ccccc1OCCCC1COCCN1. The van der Waals surface area contributed by atoms with E-state index in [4.69, 9.17) is 9.47 Å². The third-order valence-corrected chi connectivity index (χ3v) is 2.63. The number of para-hydroxylation sites is 1. The molecular weight excluding hydrogens is 202 g/mol. The molecule has 16 heavy (non-hydrogen) atoms. The van der Waals surface area contributed by atoms with E-state index < -0.39 is 0 Å². The molecule has 1 aliphatic heterocycles. The first kappa shape index (κ1) is 11.4. The van der Waals surface area contributed by atoms with Gasteiger partial charge in [0.05, 0.1) is 19.8 Å². The summed E-state index contributed by atoms with van der Waals surface area (Å²) in [6.07, 6.45) is 2.15. The third-order valence-electron chi connectivity index (χ3n) is 2.63. The number of nitrogens with one attached hydrogen (secondary N) is 1. The Kier molecular flexibility index (Phi) is 4.65. The van der Waals surface area contributed by atoms with Crippen LogP contribution in [0.4, 0.5) is 0 Å². The molecule has 0 aliphatic carbocycles. The summed E-state index contributed by atoms with van der Waals surface area (Å²) < 4.78 is 11.0. The van der Waals surface area contributed by atoms with Gasteiger partial charge in [-0.1, -0.05) is 18.2 Å². The maximum Gasteiger partial charge on any atom is 0.127 e. The molecule has 1 N–H and O–H groups in total. The highest BCUT2D eigenvalue weighted by molar-refractivity contribution is 5.19. The maximum atomic E-state index is 5.57. The van der Waals surface area contributed by atoms with E-state index in [2.05, 4.69) is 11.4 Å². The Bertz CT molecular complexity index is 283. The average Bonchev–Trinajstić information content (AvgIpc) is 2.37. The molecule has 1 aliphatic rings. The fourth-order valence-corrected chi connectivity index (χ4v) is 1.78. The summed E-state index contributed by atoms with van der Waals surface area (Å²) >= 11 is 0. The number of morpholine rings is 1. The molecule has 1 saturated heterocycles. The molecule has 0 aromatic heterocycles. The Morgan fingerprint density at radius 1 is 1.50 bits per heavy atom. The monoisotopic (exact) mass is 220 g/mol. The minimum Gasteiger partial charge on any atom is -0.493 e. The van der Waals surface area contributed by atoms with Gasteiger partial charge >= 0.3 is 0 Å². The van der Waals surface area contributed by atoms with Crippen LogP contribution in [0.25, 0.3) is 0 Å². The second kappa shape index (κ2) is 6.51. The van der Waals surface area contributed by atoms with Crippen molar-refractivity contribution in [1.29, 1.82) is 0 Å². The molecule has 3 nitrogen and oxygen atoms in total. The van der Waals surface area contributed by atoms with Crippen molar-refractivity contribution in [3.8, 4) is 5.75 Å². The van der Waals surface area contributed by atoms with Gasteiger partial charge in [0.1, 0.15) is 5.75 Å². The van der Waals surface area contributed by atoms with Crippen LogP contribution in [-0.4, -0.2) is 32.4 Å². The summed E-state index contributed by atoms with van der Waals surface area (Å²) in [7, 11) is 0. The maximum absolute atomic E-state index is 5.57. The standard InChI is InChI=1S/C13H18NO2/c1-2-6-13(7-3-1)16-9-4-5-12-11-15-10-8-14-12/h1-3,6,12,14H,4-5,8-11H2. The zero-order valence-corrected chi connectivity index (χ0v) is 9.45. The van der Waals surface area contributed by atoms with E-state index in [-0.39, 0.29) is 0 Å². The van der Waals surface area contributed by atoms with Gasteiger partial charge < -0.3 is 14.8 Å². The van der Waals surface area contributed by atoms with Crippen LogP contribution >= 0.6 is 0 Å². The zero-order valence-electron chi connectivity index (χ0n) is 9.45. The van der Waals surface area contributed by atoms with Crippen LogP contribution < -0.4 is 10.1 Å². The van der Waals surface area contributed by atoms with E-state index in [9.17, 15) is 0 Å². The summed E-state index contributed by atoms with van der Waals surface area (Å²) in [4.78, 5) is 0. The van der Waals surface area contributed by atoms with Crippen molar-refractivity contribution < 1.29 is 9.47 Å². The number of hydrogen-bond acceptors (Lipinski definition) is 3. The van der Waals surface area contributed by atoms with Crippen LogP contribution in [0.3, 0.4) is 0 Å². The molecule has 1 aromatic rings. The largest absolute Gasteiger partial charge is 0.493 e. The fourth-order valence-electron chi connectivity index (χ4n) is 1.78. The Hall–Kier alpha value is -1.06. The Labute approximate surface area is 96.8 Å². The Morgan fingerprint density at radius 3 is 3.25 bits per heavy atom. The lowest BCUT2D eigenvalue weighted by Crippen LogP contribution is -2.41. The zero-order chi connectivity index (χ0) is 11.1. The minimum absolute atomic E-state index is 0.497. The van der Waals surface area contributed by atoms with Gasteiger partial charge in [0.2, 0.25) is 0 Å². The van der Waals surface area contributed by atoms with Crippen LogP contribution in [0, 0.1) is 6.07 Å². The highest BCUT2D eigenvalue weighted by Gasteiger charge is 2.11. The molecule has 2 rings (SSSR count). The molecule has 1 heterocycles. The van der Waals surface area contributed by atoms with Gasteiger partial charge in [-0.2, -0.15) is 0 Å². The molecule has 0 saturated carbocycles. The van der Waals surface area contributed by atoms with Gasteiger partial charge in [0, 0.05) is 18.7 Å². The lowest BCUT2D eigenvalue weighted by Gasteiger charge is -2.23. The molecule has 1 unspecified atom stereocenters. The fraction of sp³-hybridized carbons (Fsp3) is 0.538. The van der Waals surface area contributed by atoms with Crippen LogP contribution in [0.2, 0.25) is 0 Å². The molecule has 3 heteroatoms. The molecule has 1 atom stereocenters. The van der Waals surface area contributed by atoms with Crippen molar-refractivity contribution in [3.05, 3.63) is 30.3 Å². The van der Waals surface area contributed by atoms with Crippen LogP contribution in [-0.2, 0) is 4.74 Å². The van der Waals surface area contributed by atoms with Gasteiger partial charge in [-0.05, 0) is 18.9 Å². The van der Waals surface area contributed by atoms with E-state index in [0.717, 1.165) is 45.0 Å². The smallest absolute Gasteiger partial charge is 0.127 e. The number of benzene rings is 1. The van der Waals surface area contributed by atoms with Crippen molar-refractivity contribution in [2.45, 2.75) is 18.9 Å². The van der Waals surface area contributed by atoms with Crippen LogP contribution in [0.15, 0.2) is 24.3 Å². The molecule has 0 spiro atoms. The van der Waals surface area contributed by atoms with Crippen molar-refractivity contribution >= 4 is 0 Å². The van der Waals surface area contributed by atoms with Gasteiger partial charge in [-0.15, -0.1) is 0 Å². The summed E-state index contributed by atoms with van der Waals surface area (Å²) in [6.45, 7) is 3.39. The average molecular weight is 220 g/mol. The van der Waals surface area contributed by atoms with E-state index in [1.807, 2.05) is 24.3 Å².